The molecule has 3 aromatic rings. The lowest BCUT2D eigenvalue weighted by molar-refractivity contribution is 1.20. The highest BCUT2D eigenvalue weighted by Gasteiger charge is 2.07. The van der Waals surface area contributed by atoms with Gasteiger partial charge in [-0.15, -0.1) is 0 Å². The smallest absolute Gasteiger partial charge is 0.142 e. The number of benzene rings is 1. The molecule has 2 aromatic heterocycles. The van der Waals surface area contributed by atoms with Crippen molar-refractivity contribution in [3.05, 3.63) is 47.4 Å². The molecule has 0 spiro atoms. The van der Waals surface area contributed by atoms with Crippen molar-refractivity contribution in [2.24, 2.45) is 0 Å². The Morgan fingerprint density at radius 2 is 1.88 bits per heavy atom. The van der Waals surface area contributed by atoms with E-state index in [4.69, 9.17) is 11.6 Å². The maximum absolute atomic E-state index is 6.01. The van der Waals surface area contributed by atoms with Crippen LogP contribution < -0.4 is 0 Å². The van der Waals surface area contributed by atoms with Gasteiger partial charge >= 0.3 is 0 Å². The molecule has 1 N–H and O–H groups in total. The van der Waals surface area contributed by atoms with Crippen LogP contribution in [0.15, 0.2) is 36.7 Å². The number of aromatic nitrogens is 3. The van der Waals surface area contributed by atoms with Crippen LogP contribution in [0.1, 0.15) is 5.56 Å². The standard InChI is InChI=1S/C13H10ClN3/c1-8-2-4-9(5-3-8)11-6-10-12(14)15-7-16-13(10)17-11/h2-7H,1H3,(H,15,16,17). The van der Waals surface area contributed by atoms with Crippen LogP contribution in [0.3, 0.4) is 0 Å². The SMILES string of the molecule is Cc1ccc(-c2cc3c(Cl)ncnc3[nH]2)cc1. The van der Waals surface area contributed by atoms with Gasteiger partial charge in [-0.1, -0.05) is 41.4 Å². The van der Waals surface area contributed by atoms with Crippen LogP contribution in [0.25, 0.3) is 22.3 Å². The summed E-state index contributed by atoms with van der Waals surface area (Å²) in [7, 11) is 0. The van der Waals surface area contributed by atoms with Gasteiger partial charge in [0, 0.05) is 5.69 Å². The molecular formula is C13H10ClN3. The third-order valence-corrected chi connectivity index (χ3v) is 3.04. The molecule has 0 aliphatic carbocycles. The number of nitrogens with zero attached hydrogens (tertiary/aromatic N) is 2. The molecule has 3 nitrogen and oxygen atoms in total. The molecular weight excluding hydrogens is 234 g/mol. The van der Waals surface area contributed by atoms with Crippen LogP contribution in [-0.2, 0) is 0 Å². The average Bonchev–Trinajstić information content (AvgIpc) is 2.75. The number of halogens is 1. The summed E-state index contributed by atoms with van der Waals surface area (Å²) in [5, 5.41) is 1.33. The highest BCUT2D eigenvalue weighted by molar-refractivity contribution is 6.34. The molecule has 0 radical (unpaired) electrons. The summed E-state index contributed by atoms with van der Waals surface area (Å²) in [5.41, 5.74) is 4.12. The zero-order chi connectivity index (χ0) is 11.8. The van der Waals surface area contributed by atoms with Gasteiger partial charge in [-0.25, -0.2) is 9.97 Å². The lowest BCUT2D eigenvalue weighted by Crippen LogP contribution is -1.80. The number of rotatable bonds is 1. The lowest BCUT2D eigenvalue weighted by atomic mass is 10.1. The quantitative estimate of drug-likeness (QED) is 0.664. The normalized spacial score (nSPS) is 10.9. The Morgan fingerprint density at radius 3 is 2.59 bits per heavy atom. The largest absolute Gasteiger partial charge is 0.339 e. The number of hydrogen-bond acceptors (Lipinski definition) is 2. The Bertz CT molecular complexity index is 671. The second kappa shape index (κ2) is 3.86. The van der Waals surface area contributed by atoms with E-state index in [1.165, 1.54) is 11.9 Å². The summed E-state index contributed by atoms with van der Waals surface area (Å²) in [5.74, 6) is 0. The number of H-pyrrole nitrogens is 1. The average molecular weight is 244 g/mol. The third kappa shape index (κ3) is 1.78. The van der Waals surface area contributed by atoms with E-state index in [0.29, 0.717) is 5.15 Å². The van der Waals surface area contributed by atoms with Gasteiger partial charge in [0.2, 0.25) is 0 Å². The molecule has 4 heteroatoms. The van der Waals surface area contributed by atoms with Crippen LogP contribution >= 0.6 is 11.6 Å². The van der Waals surface area contributed by atoms with Crippen molar-refractivity contribution in [3.63, 3.8) is 0 Å². The lowest BCUT2D eigenvalue weighted by Gasteiger charge is -1.97. The first-order valence-electron chi connectivity index (χ1n) is 5.30. The minimum atomic E-state index is 0.476. The van der Waals surface area contributed by atoms with Crippen molar-refractivity contribution < 1.29 is 0 Å². The number of fused-ring (bicyclic) bond motifs is 1. The van der Waals surface area contributed by atoms with Gasteiger partial charge in [0.15, 0.2) is 0 Å². The fraction of sp³-hybridized carbons (Fsp3) is 0.0769. The molecule has 0 saturated heterocycles. The Balaban J connectivity index is 2.18. The molecule has 0 aliphatic rings. The van der Waals surface area contributed by atoms with Gasteiger partial charge in [-0.05, 0) is 18.6 Å². The molecule has 17 heavy (non-hydrogen) atoms. The van der Waals surface area contributed by atoms with E-state index in [1.54, 1.807) is 0 Å². The van der Waals surface area contributed by atoms with E-state index >= 15 is 0 Å². The highest BCUT2D eigenvalue weighted by atomic mass is 35.5. The Kier molecular flexibility index (Phi) is 2.34. The molecule has 0 saturated carbocycles. The van der Waals surface area contributed by atoms with Gasteiger partial charge in [-0.3, -0.25) is 0 Å². The molecule has 0 bridgehead atoms. The van der Waals surface area contributed by atoms with Crippen molar-refractivity contribution in [2.45, 2.75) is 6.92 Å². The second-order valence-corrected chi connectivity index (χ2v) is 4.33. The Morgan fingerprint density at radius 1 is 1.12 bits per heavy atom. The molecule has 0 amide bonds. The number of nitrogens with one attached hydrogen (secondary N) is 1. The predicted octanol–water partition coefficient (Wildman–Crippen LogP) is 3.59. The summed E-state index contributed by atoms with van der Waals surface area (Å²) >= 11 is 6.01. The van der Waals surface area contributed by atoms with E-state index in [1.807, 2.05) is 6.07 Å². The van der Waals surface area contributed by atoms with Crippen molar-refractivity contribution in [1.29, 1.82) is 0 Å². The van der Waals surface area contributed by atoms with Crippen molar-refractivity contribution in [2.75, 3.05) is 0 Å². The van der Waals surface area contributed by atoms with E-state index in [9.17, 15) is 0 Å². The van der Waals surface area contributed by atoms with Crippen molar-refractivity contribution in [1.82, 2.24) is 15.0 Å². The van der Waals surface area contributed by atoms with Crippen LogP contribution in [0.2, 0.25) is 5.15 Å². The van der Waals surface area contributed by atoms with Gasteiger partial charge in [0.25, 0.3) is 0 Å². The van der Waals surface area contributed by atoms with Crippen LogP contribution in [0, 0.1) is 6.92 Å². The topological polar surface area (TPSA) is 41.6 Å². The summed E-state index contributed by atoms with van der Waals surface area (Å²) in [4.78, 5) is 11.4. The molecule has 0 atom stereocenters. The first-order chi connectivity index (χ1) is 8.24. The van der Waals surface area contributed by atoms with E-state index in [-0.39, 0.29) is 0 Å². The number of aromatic amines is 1. The summed E-state index contributed by atoms with van der Waals surface area (Å²) in [6, 6.07) is 10.3. The van der Waals surface area contributed by atoms with Gasteiger partial charge < -0.3 is 4.98 Å². The maximum Gasteiger partial charge on any atom is 0.142 e. The van der Waals surface area contributed by atoms with E-state index in [0.717, 1.165) is 22.3 Å². The first-order valence-corrected chi connectivity index (χ1v) is 5.68. The summed E-state index contributed by atoms with van der Waals surface area (Å²) < 4.78 is 0. The van der Waals surface area contributed by atoms with Gasteiger partial charge in [0.05, 0.1) is 5.39 Å². The van der Waals surface area contributed by atoms with E-state index < -0.39 is 0 Å². The summed E-state index contributed by atoms with van der Waals surface area (Å²) in [6.07, 6.45) is 1.46. The molecule has 0 fully saturated rings. The first kappa shape index (κ1) is 10.3. The Hall–Kier alpha value is -1.87. The van der Waals surface area contributed by atoms with Gasteiger partial charge in [-0.2, -0.15) is 0 Å². The van der Waals surface area contributed by atoms with Crippen LogP contribution in [0.5, 0.6) is 0 Å². The van der Waals surface area contributed by atoms with Crippen molar-refractivity contribution in [3.8, 4) is 11.3 Å². The second-order valence-electron chi connectivity index (χ2n) is 3.98. The third-order valence-electron chi connectivity index (χ3n) is 2.74. The zero-order valence-corrected chi connectivity index (χ0v) is 9.99. The van der Waals surface area contributed by atoms with E-state index in [2.05, 4.69) is 46.1 Å². The molecule has 0 aliphatic heterocycles. The molecule has 84 valence electrons. The highest BCUT2D eigenvalue weighted by Crippen LogP contribution is 2.26. The fourth-order valence-corrected chi connectivity index (χ4v) is 1.99. The van der Waals surface area contributed by atoms with Crippen molar-refractivity contribution >= 4 is 22.6 Å². The zero-order valence-electron chi connectivity index (χ0n) is 9.24. The van der Waals surface area contributed by atoms with Crippen LogP contribution in [-0.4, -0.2) is 15.0 Å². The maximum atomic E-state index is 6.01. The van der Waals surface area contributed by atoms with Crippen LogP contribution in [0.4, 0.5) is 0 Å². The summed E-state index contributed by atoms with van der Waals surface area (Å²) in [6.45, 7) is 2.07. The monoisotopic (exact) mass is 243 g/mol. The fourth-order valence-electron chi connectivity index (χ4n) is 1.80. The number of aryl methyl sites for hydroxylation is 1. The minimum Gasteiger partial charge on any atom is -0.339 e. The molecule has 1 aromatic carbocycles. The minimum absolute atomic E-state index is 0.476. The Labute approximate surface area is 103 Å². The molecule has 2 heterocycles. The molecule has 0 unspecified atom stereocenters. The predicted molar refractivity (Wildman–Crippen MR) is 69.1 cm³/mol. The number of hydrogen-bond donors (Lipinski definition) is 1. The van der Waals surface area contributed by atoms with Gasteiger partial charge in [0.1, 0.15) is 17.1 Å². The molecule has 3 rings (SSSR count).